The molecule has 0 aliphatic carbocycles. The van der Waals surface area contributed by atoms with Crippen LogP contribution in [0.4, 0.5) is 4.39 Å². The van der Waals surface area contributed by atoms with Crippen molar-refractivity contribution in [3.63, 3.8) is 0 Å². The van der Waals surface area contributed by atoms with Crippen LogP contribution in [0.3, 0.4) is 0 Å². The fourth-order valence-corrected chi connectivity index (χ4v) is 2.05. The Balaban J connectivity index is 2.30. The van der Waals surface area contributed by atoms with E-state index < -0.39 is 5.82 Å². The van der Waals surface area contributed by atoms with Crippen LogP contribution in [-0.4, -0.2) is 37.0 Å². The fraction of sp³-hybridized carbons (Fsp3) is 0.533. The van der Waals surface area contributed by atoms with E-state index in [1.807, 2.05) is 0 Å². The first-order valence-corrected chi connectivity index (χ1v) is 7.64. The highest BCUT2D eigenvalue weighted by Gasteiger charge is 2.11. The van der Waals surface area contributed by atoms with E-state index in [0.29, 0.717) is 17.1 Å². The zero-order valence-corrected chi connectivity index (χ0v) is 13.8. The van der Waals surface area contributed by atoms with Crippen molar-refractivity contribution in [2.24, 2.45) is 0 Å². The highest BCUT2D eigenvalue weighted by atomic mass is 79.9. The summed E-state index contributed by atoms with van der Waals surface area (Å²) in [5.41, 5.74) is 0.0903. The summed E-state index contributed by atoms with van der Waals surface area (Å²) in [7, 11) is 2.08. The van der Waals surface area contributed by atoms with Gasteiger partial charge in [0.25, 0.3) is 5.91 Å². The van der Waals surface area contributed by atoms with Crippen LogP contribution in [0.2, 0.25) is 0 Å². The van der Waals surface area contributed by atoms with Crippen LogP contribution in [0.5, 0.6) is 0 Å². The minimum atomic E-state index is -0.503. The second kappa shape index (κ2) is 8.37. The highest BCUT2D eigenvalue weighted by molar-refractivity contribution is 9.10. The van der Waals surface area contributed by atoms with E-state index in [9.17, 15) is 9.18 Å². The maximum absolute atomic E-state index is 13.6. The molecule has 5 heteroatoms. The molecule has 20 heavy (non-hydrogen) atoms. The molecule has 0 aliphatic rings. The standard InChI is InChI=1S/C15H22BrFN2O/c1-11(2)19(3)9-5-4-8-18-15(20)13-7-6-12(16)10-14(13)17/h6-7,10-11H,4-5,8-9H2,1-3H3,(H,18,20). The van der Waals surface area contributed by atoms with Crippen LogP contribution >= 0.6 is 15.9 Å². The largest absolute Gasteiger partial charge is 0.352 e. The Labute approximate surface area is 128 Å². The Hall–Kier alpha value is -0.940. The van der Waals surface area contributed by atoms with Crippen LogP contribution in [-0.2, 0) is 0 Å². The number of nitrogens with one attached hydrogen (secondary N) is 1. The predicted molar refractivity (Wildman–Crippen MR) is 83.4 cm³/mol. The quantitative estimate of drug-likeness (QED) is 0.768. The normalized spacial score (nSPS) is 11.2. The van der Waals surface area contributed by atoms with E-state index in [4.69, 9.17) is 0 Å². The van der Waals surface area contributed by atoms with E-state index in [2.05, 4.69) is 47.0 Å². The van der Waals surface area contributed by atoms with Gasteiger partial charge in [-0.25, -0.2) is 4.39 Å². The summed E-state index contributed by atoms with van der Waals surface area (Å²) in [4.78, 5) is 14.1. The molecule has 1 aromatic carbocycles. The minimum Gasteiger partial charge on any atom is -0.352 e. The van der Waals surface area contributed by atoms with E-state index in [-0.39, 0.29) is 11.5 Å². The third kappa shape index (κ3) is 5.59. The lowest BCUT2D eigenvalue weighted by Gasteiger charge is -2.20. The average molecular weight is 345 g/mol. The van der Waals surface area contributed by atoms with Gasteiger partial charge in [0.15, 0.2) is 0 Å². The Morgan fingerprint density at radius 1 is 1.40 bits per heavy atom. The summed E-state index contributed by atoms with van der Waals surface area (Å²) in [5.74, 6) is -0.858. The van der Waals surface area contributed by atoms with Gasteiger partial charge < -0.3 is 10.2 Å². The fourth-order valence-electron chi connectivity index (χ4n) is 1.72. The number of amides is 1. The van der Waals surface area contributed by atoms with E-state index in [1.165, 1.54) is 12.1 Å². The molecule has 1 amide bonds. The number of halogens is 2. The second-order valence-corrected chi connectivity index (χ2v) is 6.08. The minimum absolute atomic E-state index is 0.0903. The molecule has 0 fully saturated rings. The van der Waals surface area contributed by atoms with Crippen molar-refractivity contribution in [1.29, 1.82) is 0 Å². The van der Waals surface area contributed by atoms with Gasteiger partial charge in [-0.05, 0) is 58.5 Å². The van der Waals surface area contributed by atoms with Gasteiger partial charge in [-0.15, -0.1) is 0 Å². The molecule has 0 saturated heterocycles. The second-order valence-electron chi connectivity index (χ2n) is 5.16. The lowest BCUT2D eigenvalue weighted by molar-refractivity contribution is 0.0948. The van der Waals surface area contributed by atoms with E-state index in [0.717, 1.165) is 19.4 Å². The summed E-state index contributed by atoms with van der Waals surface area (Å²) in [6.07, 6.45) is 1.90. The van der Waals surface area contributed by atoms with Gasteiger partial charge in [-0.3, -0.25) is 4.79 Å². The molecule has 0 heterocycles. The summed E-state index contributed by atoms with van der Waals surface area (Å²) in [6, 6.07) is 4.98. The van der Waals surface area contributed by atoms with Crippen molar-refractivity contribution in [2.45, 2.75) is 32.7 Å². The lowest BCUT2D eigenvalue weighted by Crippen LogP contribution is -2.29. The Bertz CT molecular complexity index is 451. The first kappa shape index (κ1) is 17.1. The van der Waals surface area contributed by atoms with Crippen LogP contribution in [0.1, 0.15) is 37.0 Å². The number of hydrogen-bond donors (Lipinski definition) is 1. The summed E-state index contributed by atoms with van der Waals surface area (Å²) in [5, 5.41) is 2.75. The van der Waals surface area contributed by atoms with Crippen molar-refractivity contribution in [1.82, 2.24) is 10.2 Å². The molecule has 0 aromatic heterocycles. The molecule has 0 unspecified atom stereocenters. The molecule has 0 bridgehead atoms. The number of benzene rings is 1. The molecule has 1 rings (SSSR count). The van der Waals surface area contributed by atoms with Gasteiger partial charge in [-0.2, -0.15) is 0 Å². The third-order valence-electron chi connectivity index (χ3n) is 3.28. The molecule has 0 aliphatic heterocycles. The SMILES string of the molecule is CC(C)N(C)CCCCNC(=O)c1ccc(Br)cc1F. The monoisotopic (exact) mass is 344 g/mol. The van der Waals surface area contributed by atoms with E-state index >= 15 is 0 Å². The van der Waals surface area contributed by atoms with Crippen molar-refractivity contribution in [3.8, 4) is 0 Å². The van der Waals surface area contributed by atoms with Gasteiger partial charge in [-0.1, -0.05) is 15.9 Å². The Morgan fingerprint density at radius 2 is 2.10 bits per heavy atom. The number of rotatable bonds is 7. The Kier molecular flexibility index (Phi) is 7.16. The molecule has 0 spiro atoms. The summed E-state index contributed by atoms with van der Waals surface area (Å²) < 4.78 is 14.2. The molecule has 1 N–H and O–H groups in total. The average Bonchev–Trinajstić information content (AvgIpc) is 2.37. The highest BCUT2D eigenvalue weighted by Crippen LogP contribution is 2.15. The Morgan fingerprint density at radius 3 is 2.70 bits per heavy atom. The van der Waals surface area contributed by atoms with Crippen molar-refractivity contribution >= 4 is 21.8 Å². The smallest absolute Gasteiger partial charge is 0.254 e. The lowest BCUT2D eigenvalue weighted by atomic mass is 10.2. The van der Waals surface area contributed by atoms with Crippen molar-refractivity contribution < 1.29 is 9.18 Å². The molecule has 3 nitrogen and oxygen atoms in total. The number of carbonyl (C=O) groups is 1. The molecular weight excluding hydrogens is 323 g/mol. The van der Waals surface area contributed by atoms with Gasteiger partial charge in [0.2, 0.25) is 0 Å². The summed E-state index contributed by atoms with van der Waals surface area (Å²) in [6.45, 7) is 5.87. The first-order chi connectivity index (χ1) is 9.41. The maximum Gasteiger partial charge on any atom is 0.254 e. The van der Waals surface area contributed by atoms with Crippen LogP contribution < -0.4 is 5.32 Å². The van der Waals surface area contributed by atoms with Crippen LogP contribution in [0, 0.1) is 5.82 Å². The molecule has 112 valence electrons. The maximum atomic E-state index is 13.6. The molecule has 0 saturated carbocycles. The molecule has 0 radical (unpaired) electrons. The van der Waals surface area contributed by atoms with Crippen molar-refractivity contribution in [3.05, 3.63) is 34.1 Å². The van der Waals surface area contributed by atoms with Crippen LogP contribution in [0.15, 0.2) is 22.7 Å². The van der Waals surface area contributed by atoms with Gasteiger partial charge in [0, 0.05) is 17.1 Å². The van der Waals surface area contributed by atoms with Crippen molar-refractivity contribution in [2.75, 3.05) is 20.1 Å². The topological polar surface area (TPSA) is 32.3 Å². The molecular formula is C15H22BrFN2O. The number of unbranched alkanes of at least 4 members (excludes halogenated alkanes) is 1. The number of hydrogen-bond acceptors (Lipinski definition) is 2. The van der Waals surface area contributed by atoms with Gasteiger partial charge >= 0.3 is 0 Å². The van der Waals surface area contributed by atoms with Gasteiger partial charge in [0.1, 0.15) is 5.82 Å². The first-order valence-electron chi connectivity index (χ1n) is 6.85. The van der Waals surface area contributed by atoms with Gasteiger partial charge in [0.05, 0.1) is 5.56 Å². The number of carbonyl (C=O) groups excluding carboxylic acids is 1. The van der Waals surface area contributed by atoms with E-state index in [1.54, 1.807) is 6.07 Å². The zero-order chi connectivity index (χ0) is 15.1. The third-order valence-corrected chi connectivity index (χ3v) is 3.77. The predicted octanol–water partition coefficient (Wildman–Crippen LogP) is 3.44. The van der Waals surface area contributed by atoms with Crippen LogP contribution in [0.25, 0.3) is 0 Å². The number of nitrogens with zero attached hydrogens (tertiary/aromatic N) is 1. The molecule has 0 atom stereocenters. The summed E-state index contributed by atoms with van der Waals surface area (Å²) >= 11 is 3.17. The zero-order valence-electron chi connectivity index (χ0n) is 12.2. The molecule has 1 aromatic rings.